The molecule has 1 N–H and O–H groups in total. The van der Waals surface area contributed by atoms with Crippen LogP contribution in [0.4, 0.5) is 5.13 Å². The van der Waals surface area contributed by atoms with Crippen LogP contribution in [0.2, 0.25) is 0 Å². The smallest absolute Gasteiger partial charge is 0.255 e. The molecule has 22 heavy (non-hydrogen) atoms. The Balaban J connectivity index is 1.93. The Labute approximate surface area is 137 Å². The average Bonchev–Trinajstić information content (AvgIpc) is 2.87. The van der Waals surface area contributed by atoms with Crippen LogP contribution in [0.5, 0.6) is 0 Å². The van der Waals surface area contributed by atoms with Gasteiger partial charge in [-0.2, -0.15) is 0 Å². The topological polar surface area (TPSA) is 59.1 Å². The maximum absolute atomic E-state index is 12.4. The maximum Gasteiger partial charge on any atom is 0.263 e. The Bertz CT molecular complexity index is 916. The van der Waals surface area contributed by atoms with Gasteiger partial charge in [-0.15, -0.1) is 11.8 Å². The highest BCUT2D eigenvalue weighted by Gasteiger charge is 2.16. The third-order valence-electron chi connectivity index (χ3n) is 3.15. The summed E-state index contributed by atoms with van der Waals surface area (Å²) in [5.74, 6) is 0. The Hall–Kier alpha value is -1.57. The second kappa shape index (κ2) is 5.91. The number of nitrogens with one attached hydrogen (secondary N) is 1. The molecular weight excluding hydrogens is 336 g/mol. The van der Waals surface area contributed by atoms with E-state index < -0.39 is 10.0 Å². The summed E-state index contributed by atoms with van der Waals surface area (Å²) in [6.45, 7) is 1.92. The number of thioether (sulfide) groups is 1. The lowest BCUT2D eigenvalue weighted by molar-refractivity contribution is 0.601. The zero-order chi connectivity index (χ0) is 15.7. The Kier molecular flexibility index (Phi) is 4.12. The van der Waals surface area contributed by atoms with Crippen molar-refractivity contribution in [2.24, 2.45) is 0 Å². The fraction of sp³-hybridized carbons (Fsp3) is 0.133. The van der Waals surface area contributed by atoms with Gasteiger partial charge in [0.2, 0.25) is 0 Å². The van der Waals surface area contributed by atoms with Crippen molar-refractivity contribution in [3.63, 3.8) is 0 Å². The first kappa shape index (κ1) is 15.3. The molecule has 0 fully saturated rings. The molecule has 0 aliphatic rings. The molecule has 0 amide bonds. The highest BCUT2D eigenvalue weighted by molar-refractivity contribution is 7.98. The van der Waals surface area contributed by atoms with Gasteiger partial charge in [0.05, 0.1) is 15.1 Å². The molecule has 0 aliphatic carbocycles. The van der Waals surface area contributed by atoms with E-state index in [0.29, 0.717) is 5.13 Å². The van der Waals surface area contributed by atoms with Gasteiger partial charge in [-0.05, 0) is 43.5 Å². The van der Waals surface area contributed by atoms with Crippen LogP contribution >= 0.6 is 23.1 Å². The van der Waals surface area contributed by atoms with Crippen LogP contribution in [-0.4, -0.2) is 19.7 Å². The largest absolute Gasteiger partial charge is 0.263 e. The van der Waals surface area contributed by atoms with E-state index in [9.17, 15) is 8.42 Å². The fourth-order valence-electron chi connectivity index (χ4n) is 1.97. The van der Waals surface area contributed by atoms with Gasteiger partial charge in [-0.3, -0.25) is 4.72 Å². The van der Waals surface area contributed by atoms with Gasteiger partial charge in [0.1, 0.15) is 0 Å². The molecule has 1 aromatic heterocycles. The molecule has 114 valence electrons. The summed E-state index contributed by atoms with van der Waals surface area (Å²) in [4.78, 5) is 5.70. The number of aryl methyl sites for hydroxylation is 1. The van der Waals surface area contributed by atoms with Gasteiger partial charge in [0.25, 0.3) is 10.0 Å². The van der Waals surface area contributed by atoms with Crippen molar-refractivity contribution in [3.05, 3.63) is 48.0 Å². The van der Waals surface area contributed by atoms with Crippen LogP contribution in [0, 0.1) is 6.92 Å². The van der Waals surface area contributed by atoms with Crippen LogP contribution in [0.1, 0.15) is 5.56 Å². The molecule has 0 atom stereocenters. The van der Waals surface area contributed by atoms with E-state index >= 15 is 0 Å². The number of sulfonamides is 1. The standard InChI is InChI=1S/C15H14N2O2S3/c1-10-3-6-12(7-4-10)22(18,19)17-15-16-13-8-5-11(20-2)9-14(13)21-15/h3-9H,1-2H3,(H,16,17). The van der Waals surface area contributed by atoms with Gasteiger partial charge in [-0.25, -0.2) is 13.4 Å². The number of nitrogens with zero attached hydrogens (tertiary/aromatic N) is 1. The number of thiazole rings is 1. The monoisotopic (exact) mass is 350 g/mol. The third kappa shape index (κ3) is 3.11. The zero-order valence-electron chi connectivity index (χ0n) is 12.0. The van der Waals surface area contributed by atoms with Gasteiger partial charge in [-0.1, -0.05) is 29.0 Å². The molecule has 3 aromatic rings. The molecule has 0 saturated carbocycles. The van der Waals surface area contributed by atoms with E-state index in [4.69, 9.17) is 0 Å². The Morgan fingerprint density at radius 3 is 2.55 bits per heavy atom. The SMILES string of the molecule is CSc1ccc2nc(NS(=O)(=O)c3ccc(C)cc3)sc2c1. The normalized spacial score (nSPS) is 11.7. The highest BCUT2D eigenvalue weighted by Crippen LogP contribution is 2.30. The quantitative estimate of drug-likeness (QED) is 0.719. The van der Waals surface area contributed by atoms with Crippen molar-refractivity contribution in [2.75, 3.05) is 11.0 Å². The molecule has 0 bridgehead atoms. The molecule has 0 saturated heterocycles. The second-order valence-electron chi connectivity index (χ2n) is 4.77. The first-order chi connectivity index (χ1) is 10.5. The van der Waals surface area contributed by atoms with E-state index in [-0.39, 0.29) is 4.90 Å². The number of rotatable bonds is 4. The van der Waals surface area contributed by atoms with Crippen LogP contribution in [0.25, 0.3) is 10.2 Å². The number of hydrogen-bond acceptors (Lipinski definition) is 5. The van der Waals surface area contributed by atoms with E-state index in [1.54, 1.807) is 36.0 Å². The van der Waals surface area contributed by atoms with Crippen LogP contribution in [0.3, 0.4) is 0 Å². The zero-order valence-corrected chi connectivity index (χ0v) is 14.5. The lowest BCUT2D eigenvalue weighted by Gasteiger charge is -2.04. The second-order valence-corrected chi connectivity index (χ2v) is 8.36. The lowest BCUT2D eigenvalue weighted by atomic mass is 10.2. The number of anilines is 1. The van der Waals surface area contributed by atoms with Gasteiger partial charge < -0.3 is 0 Å². The predicted octanol–water partition coefficient (Wildman–Crippen LogP) is 4.13. The molecule has 0 aliphatic heterocycles. The molecule has 3 rings (SSSR count). The Morgan fingerprint density at radius 1 is 1.14 bits per heavy atom. The maximum atomic E-state index is 12.4. The first-order valence-corrected chi connectivity index (χ1v) is 10.0. The predicted molar refractivity (Wildman–Crippen MR) is 93.4 cm³/mol. The van der Waals surface area contributed by atoms with Crippen molar-refractivity contribution >= 4 is 48.5 Å². The van der Waals surface area contributed by atoms with Crippen molar-refractivity contribution < 1.29 is 8.42 Å². The molecule has 2 aromatic carbocycles. The van der Waals surface area contributed by atoms with E-state index in [1.165, 1.54) is 11.3 Å². The summed E-state index contributed by atoms with van der Waals surface area (Å²) in [5, 5.41) is 0.383. The van der Waals surface area contributed by atoms with Crippen molar-refractivity contribution in [3.8, 4) is 0 Å². The summed E-state index contributed by atoms with van der Waals surface area (Å²) in [6, 6.07) is 12.6. The van der Waals surface area contributed by atoms with Crippen molar-refractivity contribution in [1.82, 2.24) is 4.98 Å². The minimum atomic E-state index is -3.60. The van der Waals surface area contributed by atoms with Crippen LogP contribution < -0.4 is 4.72 Å². The van der Waals surface area contributed by atoms with Gasteiger partial charge in [0.15, 0.2) is 5.13 Å². The summed E-state index contributed by atoms with van der Waals surface area (Å²) < 4.78 is 28.2. The highest BCUT2D eigenvalue weighted by atomic mass is 32.2. The summed E-state index contributed by atoms with van der Waals surface area (Å²) in [6.07, 6.45) is 2.00. The molecule has 4 nitrogen and oxygen atoms in total. The van der Waals surface area contributed by atoms with Crippen molar-refractivity contribution in [1.29, 1.82) is 0 Å². The summed E-state index contributed by atoms with van der Waals surface area (Å²) >= 11 is 2.98. The minimum Gasteiger partial charge on any atom is -0.255 e. The first-order valence-electron chi connectivity index (χ1n) is 6.52. The third-order valence-corrected chi connectivity index (χ3v) is 6.29. The van der Waals surface area contributed by atoms with Gasteiger partial charge >= 0.3 is 0 Å². The molecule has 7 heteroatoms. The van der Waals surface area contributed by atoms with E-state index in [2.05, 4.69) is 9.71 Å². The lowest BCUT2D eigenvalue weighted by Crippen LogP contribution is -2.12. The van der Waals surface area contributed by atoms with E-state index in [1.807, 2.05) is 31.4 Å². The number of aromatic nitrogens is 1. The molecule has 0 spiro atoms. The molecule has 0 radical (unpaired) electrons. The minimum absolute atomic E-state index is 0.238. The molecular formula is C15H14N2O2S3. The summed E-state index contributed by atoms with van der Waals surface area (Å²) in [7, 11) is -3.60. The van der Waals surface area contributed by atoms with Crippen molar-refractivity contribution in [2.45, 2.75) is 16.7 Å². The van der Waals surface area contributed by atoms with Crippen LogP contribution in [0.15, 0.2) is 52.3 Å². The van der Waals surface area contributed by atoms with Crippen LogP contribution in [-0.2, 0) is 10.0 Å². The number of benzene rings is 2. The van der Waals surface area contributed by atoms with E-state index in [0.717, 1.165) is 20.7 Å². The number of fused-ring (bicyclic) bond motifs is 1. The average molecular weight is 350 g/mol. The fourth-order valence-corrected chi connectivity index (χ4v) is 4.62. The summed E-state index contributed by atoms with van der Waals surface area (Å²) in [5.41, 5.74) is 1.81. The molecule has 0 unspecified atom stereocenters. The Morgan fingerprint density at radius 2 is 1.86 bits per heavy atom. The number of hydrogen-bond donors (Lipinski definition) is 1. The van der Waals surface area contributed by atoms with Gasteiger partial charge in [0, 0.05) is 4.90 Å². The molecule has 1 heterocycles.